The van der Waals surface area contributed by atoms with Crippen LogP contribution in [-0.4, -0.2) is 48.9 Å². The van der Waals surface area contributed by atoms with Crippen molar-refractivity contribution in [2.45, 2.75) is 19.0 Å². The molecule has 3 N–H and O–H groups in total. The summed E-state index contributed by atoms with van der Waals surface area (Å²) in [5, 5.41) is 0. The Kier molecular flexibility index (Phi) is 4.00. The smallest absolute Gasteiger partial charge is 0.300 e. The van der Waals surface area contributed by atoms with Gasteiger partial charge in [0.2, 0.25) is 0 Å². The van der Waals surface area contributed by atoms with Crippen LogP contribution in [0.25, 0.3) is 0 Å². The van der Waals surface area contributed by atoms with Gasteiger partial charge >= 0.3 is 5.91 Å². The van der Waals surface area contributed by atoms with Gasteiger partial charge in [0.25, 0.3) is 0 Å². The van der Waals surface area contributed by atoms with E-state index >= 15 is 0 Å². The van der Waals surface area contributed by atoms with E-state index in [4.69, 9.17) is 10.3 Å². The van der Waals surface area contributed by atoms with Gasteiger partial charge in [0.1, 0.15) is 5.76 Å². The highest BCUT2D eigenvalue weighted by atomic mass is 16.4. The van der Waals surface area contributed by atoms with E-state index in [9.17, 15) is 4.79 Å². The fourth-order valence-corrected chi connectivity index (χ4v) is 2.25. The normalized spacial score (nSPS) is 20.6. The largest absolute Gasteiger partial charge is 0.455 e. The molecule has 0 bridgehead atoms. The van der Waals surface area contributed by atoms with Crippen LogP contribution in [0.1, 0.15) is 22.7 Å². The van der Waals surface area contributed by atoms with Crippen molar-refractivity contribution in [3.05, 3.63) is 23.7 Å². The highest BCUT2D eigenvalue weighted by Crippen LogP contribution is 2.17. The minimum absolute atomic E-state index is 0.260. The molecule has 1 amide bonds. The molecule has 1 saturated heterocycles. The van der Waals surface area contributed by atoms with Crippen LogP contribution in [0.3, 0.4) is 0 Å². The second-order valence-electron chi connectivity index (χ2n) is 4.88. The number of hydrazine groups is 1. The number of carbonyl (C=O) groups excluding carboxylic acids is 1. The number of amides is 1. The summed E-state index contributed by atoms with van der Waals surface area (Å²) in [5.74, 6) is 5.72. The maximum atomic E-state index is 11.3. The first-order valence-electron chi connectivity index (χ1n) is 6.08. The Bertz CT molecular complexity index is 416. The third kappa shape index (κ3) is 2.90. The van der Waals surface area contributed by atoms with Gasteiger partial charge in [-0.1, -0.05) is 0 Å². The molecule has 0 saturated carbocycles. The fourth-order valence-electron chi connectivity index (χ4n) is 2.25. The number of likely N-dealkylation sites (tertiary alicyclic amines) is 1. The van der Waals surface area contributed by atoms with Gasteiger partial charge in [-0.25, -0.2) is 5.84 Å². The average molecular weight is 252 g/mol. The number of nitrogen functional groups attached to an aromatic ring is 1. The van der Waals surface area contributed by atoms with Crippen molar-refractivity contribution in [2.24, 2.45) is 5.84 Å². The zero-order valence-corrected chi connectivity index (χ0v) is 10.8. The number of nitrogens with zero attached hydrogens (tertiary/aromatic N) is 2. The van der Waals surface area contributed by atoms with Crippen molar-refractivity contribution in [1.29, 1.82) is 0 Å². The van der Waals surface area contributed by atoms with Crippen molar-refractivity contribution >= 4 is 5.91 Å². The fraction of sp³-hybridized carbons (Fsp3) is 0.583. The summed E-state index contributed by atoms with van der Waals surface area (Å²) in [7, 11) is 4.20. The molecule has 1 aromatic rings. The molecule has 2 rings (SSSR count). The topological polar surface area (TPSA) is 74.7 Å². The van der Waals surface area contributed by atoms with Crippen molar-refractivity contribution in [3.63, 3.8) is 0 Å². The highest BCUT2D eigenvalue weighted by Gasteiger charge is 2.24. The van der Waals surface area contributed by atoms with Crippen LogP contribution < -0.4 is 11.3 Å². The molecule has 1 aliphatic rings. The molecule has 100 valence electrons. The lowest BCUT2D eigenvalue weighted by Gasteiger charge is -2.19. The number of nitrogens with one attached hydrogen (secondary N) is 1. The van der Waals surface area contributed by atoms with E-state index in [0.717, 1.165) is 25.4 Å². The molecule has 6 heteroatoms. The van der Waals surface area contributed by atoms with Gasteiger partial charge < -0.3 is 9.32 Å². The molecular formula is C12H20N4O2. The minimum Gasteiger partial charge on any atom is -0.455 e. The van der Waals surface area contributed by atoms with Crippen molar-refractivity contribution < 1.29 is 9.21 Å². The second-order valence-corrected chi connectivity index (χ2v) is 4.88. The molecule has 0 aliphatic carbocycles. The Labute approximate surface area is 107 Å². The van der Waals surface area contributed by atoms with Crippen molar-refractivity contribution in [3.8, 4) is 0 Å². The lowest BCUT2D eigenvalue weighted by molar-refractivity contribution is 0.0922. The molecule has 0 radical (unpaired) electrons. The number of hydrogen-bond donors (Lipinski definition) is 2. The zero-order valence-electron chi connectivity index (χ0n) is 10.8. The van der Waals surface area contributed by atoms with E-state index in [2.05, 4.69) is 29.3 Å². The number of likely N-dealkylation sites (N-methyl/N-ethyl adjacent to an activating group) is 1. The molecule has 1 fully saturated rings. The van der Waals surface area contributed by atoms with Crippen LogP contribution in [0, 0.1) is 0 Å². The molecule has 0 aromatic carbocycles. The summed E-state index contributed by atoms with van der Waals surface area (Å²) >= 11 is 0. The maximum absolute atomic E-state index is 11.3. The third-order valence-electron chi connectivity index (χ3n) is 3.37. The van der Waals surface area contributed by atoms with Crippen molar-refractivity contribution in [2.75, 3.05) is 27.2 Å². The van der Waals surface area contributed by atoms with Gasteiger partial charge in [0.05, 0.1) is 6.54 Å². The number of furan rings is 1. The van der Waals surface area contributed by atoms with Gasteiger partial charge in [-0.2, -0.15) is 0 Å². The lowest BCUT2D eigenvalue weighted by Crippen LogP contribution is -2.31. The summed E-state index contributed by atoms with van der Waals surface area (Å²) < 4.78 is 5.45. The lowest BCUT2D eigenvalue weighted by atomic mass is 10.2. The Morgan fingerprint density at radius 3 is 3.00 bits per heavy atom. The molecule has 1 aliphatic heterocycles. The van der Waals surface area contributed by atoms with E-state index < -0.39 is 5.91 Å². The van der Waals surface area contributed by atoms with Crippen LogP contribution in [0.4, 0.5) is 0 Å². The predicted molar refractivity (Wildman–Crippen MR) is 67.7 cm³/mol. The molecular weight excluding hydrogens is 232 g/mol. The summed E-state index contributed by atoms with van der Waals surface area (Å²) in [6, 6.07) is 4.08. The van der Waals surface area contributed by atoms with Gasteiger partial charge in [0, 0.05) is 19.1 Å². The van der Waals surface area contributed by atoms with E-state index in [1.54, 1.807) is 6.07 Å². The monoisotopic (exact) mass is 252 g/mol. The average Bonchev–Trinajstić information content (AvgIpc) is 2.98. The minimum atomic E-state index is -0.395. The molecule has 1 atom stereocenters. The van der Waals surface area contributed by atoms with Crippen LogP contribution in [0.2, 0.25) is 0 Å². The van der Waals surface area contributed by atoms with Gasteiger partial charge in [-0.05, 0) is 32.6 Å². The van der Waals surface area contributed by atoms with Crippen LogP contribution in [0.5, 0.6) is 0 Å². The number of carbonyl (C=O) groups is 1. The Morgan fingerprint density at radius 2 is 2.39 bits per heavy atom. The number of hydrogen-bond acceptors (Lipinski definition) is 5. The van der Waals surface area contributed by atoms with Gasteiger partial charge in [-0.15, -0.1) is 0 Å². The molecule has 6 nitrogen and oxygen atoms in total. The van der Waals surface area contributed by atoms with E-state index in [1.165, 1.54) is 6.42 Å². The van der Waals surface area contributed by atoms with Crippen molar-refractivity contribution in [1.82, 2.24) is 15.2 Å². The Hall–Kier alpha value is -1.37. The molecule has 1 aromatic heterocycles. The molecule has 18 heavy (non-hydrogen) atoms. The standard InChI is InChI=1S/C12H20N4O2/c1-15(2)9-5-6-16(7-9)8-10-3-4-11(18-10)12(17)14-13/h3-4,9H,5-8,13H2,1-2H3,(H,14,17). The Morgan fingerprint density at radius 1 is 1.61 bits per heavy atom. The summed E-state index contributed by atoms with van der Waals surface area (Å²) in [4.78, 5) is 15.8. The first kappa shape index (κ1) is 13.1. The van der Waals surface area contributed by atoms with E-state index in [-0.39, 0.29) is 5.76 Å². The number of rotatable bonds is 4. The summed E-state index contributed by atoms with van der Waals surface area (Å²) in [6.07, 6.45) is 1.17. The van der Waals surface area contributed by atoms with Gasteiger partial charge in [0.15, 0.2) is 5.76 Å². The van der Waals surface area contributed by atoms with Crippen LogP contribution in [0.15, 0.2) is 16.5 Å². The van der Waals surface area contributed by atoms with E-state index in [1.807, 2.05) is 6.07 Å². The molecule has 2 heterocycles. The highest BCUT2D eigenvalue weighted by molar-refractivity contribution is 5.90. The quantitative estimate of drug-likeness (QED) is 0.449. The summed E-state index contributed by atoms with van der Waals surface area (Å²) in [6.45, 7) is 2.83. The maximum Gasteiger partial charge on any atom is 0.300 e. The van der Waals surface area contributed by atoms with Crippen LogP contribution >= 0.6 is 0 Å². The second kappa shape index (κ2) is 5.51. The number of nitrogens with two attached hydrogens (primary N) is 1. The first-order valence-corrected chi connectivity index (χ1v) is 6.08. The third-order valence-corrected chi connectivity index (χ3v) is 3.37. The summed E-state index contributed by atoms with van der Waals surface area (Å²) in [5.41, 5.74) is 2.06. The zero-order chi connectivity index (χ0) is 13.1. The van der Waals surface area contributed by atoms with E-state index in [0.29, 0.717) is 6.04 Å². The van der Waals surface area contributed by atoms with Gasteiger partial charge in [-0.3, -0.25) is 15.1 Å². The predicted octanol–water partition coefficient (Wildman–Crippen LogP) is 0.0190. The molecule has 1 unspecified atom stereocenters. The first-order chi connectivity index (χ1) is 8.60. The SMILES string of the molecule is CN(C)C1CCN(Cc2ccc(C(=O)NN)o2)C1. The van der Waals surface area contributed by atoms with Crippen LogP contribution in [-0.2, 0) is 6.54 Å². The Balaban J connectivity index is 1.91. The molecule has 0 spiro atoms.